The van der Waals surface area contributed by atoms with Gasteiger partial charge in [-0.3, -0.25) is 23.9 Å². The summed E-state index contributed by atoms with van der Waals surface area (Å²) in [7, 11) is 4.30. The maximum absolute atomic E-state index is 13.5. The van der Waals surface area contributed by atoms with E-state index in [9.17, 15) is 29.4 Å². The molecule has 4 rings (SSSR count). The van der Waals surface area contributed by atoms with Crippen molar-refractivity contribution in [2.24, 2.45) is 0 Å². The minimum Gasteiger partial charge on any atom is -0.493 e. The monoisotopic (exact) mass is 570 g/mol. The van der Waals surface area contributed by atoms with Crippen molar-refractivity contribution >= 4 is 17.5 Å². The van der Waals surface area contributed by atoms with E-state index in [4.69, 9.17) is 18.9 Å². The van der Waals surface area contributed by atoms with E-state index in [0.29, 0.717) is 22.9 Å². The van der Waals surface area contributed by atoms with E-state index >= 15 is 0 Å². The van der Waals surface area contributed by atoms with Crippen LogP contribution in [0.5, 0.6) is 17.2 Å². The summed E-state index contributed by atoms with van der Waals surface area (Å²) in [6.07, 6.45) is -5.39. The number of amides is 2. The highest BCUT2D eigenvalue weighted by Gasteiger charge is 2.48. The van der Waals surface area contributed by atoms with Crippen LogP contribution < -0.4 is 36.1 Å². The second-order valence-corrected chi connectivity index (χ2v) is 9.10. The van der Waals surface area contributed by atoms with Crippen LogP contribution in [-0.4, -0.2) is 77.3 Å². The molecule has 2 amide bonds. The molecule has 5 N–H and O–H groups in total. The predicted molar refractivity (Wildman–Crippen MR) is 144 cm³/mol. The van der Waals surface area contributed by atoms with Crippen LogP contribution in [0.2, 0.25) is 0 Å². The van der Waals surface area contributed by atoms with Gasteiger partial charge in [0.15, 0.2) is 23.8 Å². The molecular formula is C27H30N4O10. The molecule has 1 fully saturated rings. The summed E-state index contributed by atoms with van der Waals surface area (Å²) in [6, 6.07) is 11.8. The Balaban J connectivity index is 1.57. The van der Waals surface area contributed by atoms with Crippen molar-refractivity contribution in [3.8, 4) is 17.2 Å². The molecule has 1 aromatic heterocycles. The third-order valence-corrected chi connectivity index (χ3v) is 6.47. The van der Waals surface area contributed by atoms with Crippen LogP contribution >= 0.6 is 0 Å². The van der Waals surface area contributed by atoms with Gasteiger partial charge in [-0.25, -0.2) is 4.79 Å². The average Bonchev–Trinajstić information content (AvgIpc) is 3.26. The maximum atomic E-state index is 13.5. The van der Waals surface area contributed by atoms with Gasteiger partial charge in [-0.1, -0.05) is 30.3 Å². The number of carbonyl (C=O) groups excluding carboxylic acids is 2. The van der Waals surface area contributed by atoms with Crippen LogP contribution in [0.15, 0.2) is 64.3 Å². The number of anilines is 1. The van der Waals surface area contributed by atoms with Gasteiger partial charge in [-0.05, 0) is 5.56 Å². The molecule has 2 heterocycles. The number of H-pyrrole nitrogens is 1. The van der Waals surface area contributed by atoms with Crippen LogP contribution in [0.1, 0.15) is 11.8 Å². The SMILES string of the molecule is COc1cc(NC(=O)[C@@H](Cc2ccccc2)NC(=O)[C@H]2O[C@@H](n3ccc(=O)[nH]c3=O)[C@H](O)[C@@H]2O)cc(OC)c1OC. The molecule has 1 aliphatic heterocycles. The molecular weight excluding hydrogens is 540 g/mol. The Morgan fingerprint density at radius 1 is 1.00 bits per heavy atom. The van der Waals surface area contributed by atoms with E-state index in [1.54, 1.807) is 30.3 Å². The second-order valence-electron chi connectivity index (χ2n) is 9.10. The third kappa shape index (κ3) is 6.40. The minimum absolute atomic E-state index is 0.0665. The molecule has 0 unspecified atom stereocenters. The largest absolute Gasteiger partial charge is 0.493 e. The van der Waals surface area contributed by atoms with Crippen molar-refractivity contribution in [1.29, 1.82) is 0 Å². The molecule has 0 saturated carbocycles. The van der Waals surface area contributed by atoms with Crippen LogP contribution in [0.4, 0.5) is 5.69 Å². The first-order valence-corrected chi connectivity index (χ1v) is 12.4. The van der Waals surface area contributed by atoms with Crippen molar-refractivity contribution in [3.63, 3.8) is 0 Å². The van der Waals surface area contributed by atoms with E-state index in [2.05, 4.69) is 10.6 Å². The lowest BCUT2D eigenvalue weighted by molar-refractivity contribution is -0.140. The van der Waals surface area contributed by atoms with E-state index in [-0.39, 0.29) is 6.42 Å². The summed E-state index contributed by atoms with van der Waals surface area (Å²) < 4.78 is 22.4. The molecule has 218 valence electrons. The molecule has 0 aliphatic carbocycles. The van der Waals surface area contributed by atoms with Crippen molar-refractivity contribution in [2.75, 3.05) is 26.6 Å². The number of hydrogen-bond donors (Lipinski definition) is 5. The molecule has 14 heteroatoms. The Kier molecular flexibility index (Phi) is 9.07. The fourth-order valence-electron chi connectivity index (χ4n) is 4.43. The number of benzene rings is 2. The summed E-state index contributed by atoms with van der Waals surface area (Å²) in [6.45, 7) is 0. The number of nitrogens with zero attached hydrogens (tertiary/aromatic N) is 1. The fraction of sp³-hybridized carbons (Fsp3) is 0.333. The Labute approximate surface area is 233 Å². The maximum Gasteiger partial charge on any atom is 0.330 e. The number of aliphatic hydroxyl groups is 2. The molecule has 0 radical (unpaired) electrons. The first kappa shape index (κ1) is 29.3. The van der Waals surface area contributed by atoms with Crippen molar-refractivity contribution < 1.29 is 38.7 Å². The zero-order valence-corrected chi connectivity index (χ0v) is 22.4. The third-order valence-electron chi connectivity index (χ3n) is 6.47. The van der Waals surface area contributed by atoms with E-state index in [1.807, 2.05) is 4.98 Å². The normalized spacial score (nSPS) is 20.6. The van der Waals surface area contributed by atoms with Crippen LogP contribution in [0.3, 0.4) is 0 Å². The Bertz CT molecular complexity index is 1480. The Morgan fingerprint density at radius 3 is 2.24 bits per heavy atom. The number of rotatable bonds is 10. The number of nitrogens with one attached hydrogen (secondary N) is 3. The number of aromatic amines is 1. The molecule has 41 heavy (non-hydrogen) atoms. The van der Waals surface area contributed by atoms with Crippen molar-refractivity contribution in [1.82, 2.24) is 14.9 Å². The van der Waals surface area contributed by atoms with E-state index in [1.165, 1.54) is 33.5 Å². The lowest BCUT2D eigenvalue weighted by Gasteiger charge is -2.22. The van der Waals surface area contributed by atoms with Crippen LogP contribution in [0.25, 0.3) is 0 Å². The van der Waals surface area contributed by atoms with Gasteiger partial charge in [0.2, 0.25) is 11.7 Å². The predicted octanol–water partition coefficient (Wildman–Crippen LogP) is -0.452. The fourth-order valence-corrected chi connectivity index (χ4v) is 4.43. The average molecular weight is 571 g/mol. The van der Waals surface area contributed by atoms with Crippen LogP contribution in [0, 0.1) is 0 Å². The van der Waals surface area contributed by atoms with Gasteiger partial charge in [0.05, 0.1) is 21.3 Å². The summed E-state index contributed by atoms with van der Waals surface area (Å²) in [5.74, 6) is -0.601. The molecule has 1 saturated heterocycles. The molecule has 1 aliphatic rings. The second kappa shape index (κ2) is 12.7. The molecule has 0 bridgehead atoms. The van der Waals surface area contributed by atoms with Gasteiger partial charge in [0, 0.05) is 36.5 Å². The first-order valence-electron chi connectivity index (χ1n) is 12.4. The highest BCUT2D eigenvalue weighted by Crippen LogP contribution is 2.40. The number of aromatic nitrogens is 2. The number of methoxy groups -OCH3 is 3. The zero-order valence-electron chi connectivity index (χ0n) is 22.4. The lowest BCUT2D eigenvalue weighted by Crippen LogP contribution is -2.51. The number of hydrogen-bond acceptors (Lipinski definition) is 10. The minimum atomic E-state index is -1.74. The van der Waals surface area contributed by atoms with E-state index < -0.39 is 53.6 Å². The summed E-state index contributed by atoms with van der Waals surface area (Å²) >= 11 is 0. The Morgan fingerprint density at radius 2 is 1.66 bits per heavy atom. The summed E-state index contributed by atoms with van der Waals surface area (Å²) in [5, 5.41) is 26.4. The zero-order chi connectivity index (χ0) is 29.7. The van der Waals surface area contributed by atoms with Crippen molar-refractivity contribution in [2.45, 2.75) is 37.0 Å². The summed E-state index contributed by atoms with van der Waals surface area (Å²) in [4.78, 5) is 52.3. The van der Waals surface area contributed by atoms with Crippen LogP contribution in [-0.2, 0) is 20.7 Å². The smallest absolute Gasteiger partial charge is 0.330 e. The Hall–Kier alpha value is -4.66. The number of aliphatic hydroxyl groups excluding tert-OH is 2. The lowest BCUT2D eigenvalue weighted by atomic mass is 10.0. The number of carbonyl (C=O) groups is 2. The van der Waals surface area contributed by atoms with Gasteiger partial charge in [0.25, 0.3) is 11.5 Å². The quantitative estimate of drug-likeness (QED) is 0.213. The standard InChI is InChI=1S/C27H30N4O10/c1-38-17-12-15(13-18(39-2)22(17)40-3)28-24(35)16(11-14-7-5-4-6-8-14)29-25(36)23-20(33)21(34)26(41-23)31-10-9-19(32)30-27(31)37/h4-10,12-13,16,20-21,23,26,33-34H,11H2,1-3H3,(H,28,35)(H,29,36)(H,30,32,37)/t16-,20+,21-,23+,26-/m1/s1. The van der Waals surface area contributed by atoms with Gasteiger partial charge in [0.1, 0.15) is 18.2 Å². The highest BCUT2D eigenvalue weighted by molar-refractivity contribution is 5.98. The molecule has 2 aromatic carbocycles. The molecule has 0 spiro atoms. The van der Waals surface area contributed by atoms with E-state index in [0.717, 1.165) is 22.4 Å². The highest BCUT2D eigenvalue weighted by atomic mass is 16.6. The first-order chi connectivity index (χ1) is 19.7. The van der Waals surface area contributed by atoms with Gasteiger partial charge in [-0.2, -0.15) is 0 Å². The van der Waals surface area contributed by atoms with Gasteiger partial charge >= 0.3 is 5.69 Å². The number of ether oxygens (including phenoxy) is 4. The topological polar surface area (TPSA) is 190 Å². The summed E-state index contributed by atoms with van der Waals surface area (Å²) in [5.41, 5.74) is -0.553. The van der Waals surface area contributed by atoms with Gasteiger partial charge < -0.3 is 39.8 Å². The van der Waals surface area contributed by atoms with Gasteiger partial charge in [-0.15, -0.1) is 0 Å². The molecule has 14 nitrogen and oxygen atoms in total. The van der Waals surface area contributed by atoms with Crippen molar-refractivity contribution in [3.05, 3.63) is 81.1 Å². The molecule has 5 atom stereocenters. The molecule has 3 aromatic rings.